The molecule has 0 fully saturated rings. The molecule has 0 aliphatic carbocycles. The molecule has 2 rings (SSSR count). The molecule has 2 N–H and O–H groups in total. The first-order chi connectivity index (χ1) is 12.2. The zero-order chi connectivity index (χ0) is 18.1. The van der Waals surface area contributed by atoms with Crippen LogP contribution >= 0.6 is 11.6 Å². The lowest BCUT2D eigenvalue weighted by Gasteiger charge is -2.16. The van der Waals surface area contributed by atoms with E-state index in [4.69, 9.17) is 26.2 Å². The quantitative estimate of drug-likeness (QED) is 0.625. The number of para-hydroxylation sites is 1. The SMILES string of the molecule is COc1cccc(CNCCCCO)c1OCc1ccc(F)cc1Cl. The van der Waals surface area contributed by atoms with E-state index in [1.807, 2.05) is 18.2 Å². The second-order valence-electron chi connectivity index (χ2n) is 5.58. The molecule has 0 unspecified atom stereocenters. The minimum atomic E-state index is -0.376. The van der Waals surface area contributed by atoms with Crippen molar-refractivity contribution in [2.75, 3.05) is 20.3 Å². The first-order valence-corrected chi connectivity index (χ1v) is 8.57. The average Bonchev–Trinajstić information content (AvgIpc) is 2.61. The van der Waals surface area contributed by atoms with Crippen LogP contribution in [-0.2, 0) is 13.2 Å². The van der Waals surface area contributed by atoms with Crippen LogP contribution in [0.3, 0.4) is 0 Å². The molecule has 0 heterocycles. The zero-order valence-electron chi connectivity index (χ0n) is 14.2. The molecule has 0 saturated carbocycles. The Kier molecular flexibility index (Phi) is 7.98. The number of aliphatic hydroxyl groups excluding tert-OH is 1. The van der Waals surface area contributed by atoms with Crippen LogP contribution in [0.4, 0.5) is 4.39 Å². The first kappa shape index (κ1) is 19.5. The monoisotopic (exact) mass is 367 g/mol. The fraction of sp³-hybridized carbons (Fsp3) is 0.368. The van der Waals surface area contributed by atoms with E-state index in [0.29, 0.717) is 28.6 Å². The minimum Gasteiger partial charge on any atom is -0.493 e. The summed E-state index contributed by atoms with van der Waals surface area (Å²) in [5.41, 5.74) is 1.66. The van der Waals surface area contributed by atoms with Crippen LogP contribution in [0.1, 0.15) is 24.0 Å². The van der Waals surface area contributed by atoms with E-state index in [9.17, 15) is 4.39 Å². The van der Waals surface area contributed by atoms with Crippen molar-refractivity contribution >= 4 is 11.6 Å². The van der Waals surface area contributed by atoms with E-state index in [1.165, 1.54) is 12.1 Å². The van der Waals surface area contributed by atoms with Crippen LogP contribution in [0.25, 0.3) is 0 Å². The van der Waals surface area contributed by atoms with Gasteiger partial charge in [-0.25, -0.2) is 4.39 Å². The van der Waals surface area contributed by atoms with Crippen LogP contribution in [0.2, 0.25) is 5.02 Å². The Bertz CT molecular complexity index is 682. The number of hydrogen-bond donors (Lipinski definition) is 2. The Balaban J connectivity index is 2.06. The largest absolute Gasteiger partial charge is 0.493 e. The Hall–Kier alpha value is -1.82. The number of rotatable bonds is 10. The van der Waals surface area contributed by atoms with Gasteiger partial charge < -0.3 is 19.9 Å². The molecule has 0 amide bonds. The van der Waals surface area contributed by atoms with Crippen molar-refractivity contribution < 1.29 is 19.0 Å². The smallest absolute Gasteiger partial charge is 0.166 e. The summed E-state index contributed by atoms with van der Waals surface area (Å²) in [5.74, 6) is 0.895. The van der Waals surface area contributed by atoms with E-state index in [0.717, 1.165) is 24.9 Å². The summed E-state index contributed by atoms with van der Waals surface area (Å²) in [6, 6.07) is 9.93. The van der Waals surface area contributed by atoms with E-state index >= 15 is 0 Å². The van der Waals surface area contributed by atoms with Crippen LogP contribution in [0, 0.1) is 5.82 Å². The van der Waals surface area contributed by atoms with Crippen molar-refractivity contribution in [1.29, 1.82) is 0 Å². The molecule has 0 atom stereocenters. The molecule has 0 aliphatic rings. The van der Waals surface area contributed by atoms with Crippen LogP contribution in [0.5, 0.6) is 11.5 Å². The van der Waals surface area contributed by atoms with Crippen molar-refractivity contribution in [3.05, 3.63) is 58.4 Å². The van der Waals surface area contributed by atoms with Crippen LogP contribution in [0.15, 0.2) is 36.4 Å². The van der Waals surface area contributed by atoms with E-state index in [-0.39, 0.29) is 19.0 Å². The van der Waals surface area contributed by atoms with Gasteiger partial charge in [0.1, 0.15) is 12.4 Å². The Labute approximate surface area is 152 Å². The molecule has 0 bridgehead atoms. The molecule has 0 saturated heterocycles. The third-order valence-electron chi connectivity index (χ3n) is 3.74. The Morgan fingerprint density at radius 2 is 2.00 bits per heavy atom. The molecule has 0 aliphatic heterocycles. The highest BCUT2D eigenvalue weighted by molar-refractivity contribution is 6.31. The maximum Gasteiger partial charge on any atom is 0.166 e. The number of nitrogens with one attached hydrogen (secondary N) is 1. The van der Waals surface area contributed by atoms with Gasteiger partial charge in [-0.05, 0) is 37.6 Å². The predicted octanol–water partition coefficient (Wildman–Crippen LogP) is 3.93. The highest BCUT2D eigenvalue weighted by atomic mass is 35.5. The minimum absolute atomic E-state index is 0.202. The van der Waals surface area contributed by atoms with Crippen molar-refractivity contribution in [3.63, 3.8) is 0 Å². The standard InChI is InChI=1S/C19H23ClFNO3/c1-24-18-6-4-5-14(12-22-9-2-3-10-23)19(18)25-13-15-7-8-16(21)11-17(15)20/h4-8,11,22-23H,2-3,9-10,12-13H2,1H3. The van der Waals surface area contributed by atoms with Crippen LogP contribution < -0.4 is 14.8 Å². The third kappa shape index (κ3) is 5.88. The lowest BCUT2D eigenvalue weighted by Crippen LogP contribution is -2.16. The fourth-order valence-electron chi connectivity index (χ4n) is 2.40. The van der Waals surface area contributed by atoms with Gasteiger partial charge in [0.15, 0.2) is 11.5 Å². The van der Waals surface area contributed by atoms with Gasteiger partial charge in [-0.3, -0.25) is 0 Å². The number of aliphatic hydroxyl groups is 1. The molecule has 0 aromatic heterocycles. The highest BCUT2D eigenvalue weighted by Crippen LogP contribution is 2.32. The molecular weight excluding hydrogens is 345 g/mol. The van der Waals surface area contributed by atoms with E-state index < -0.39 is 0 Å². The highest BCUT2D eigenvalue weighted by Gasteiger charge is 2.12. The normalized spacial score (nSPS) is 10.7. The molecule has 6 heteroatoms. The molecule has 25 heavy (non-hydrogen) atoms. The lowest BCUT2D eigenvalue weighted by molar-refractivity contribution is 0.279. The van der Waals surface area contributed by atoms with Crippen LogP contribution in [-0.4, -0.2) is 25.4 Å². The third-order valence-corrected chi connectivity index (χ3v) is 4.10. The number of unbranched alkanes of at least 4 members (excludes halogenated alkanes) is 1. The van der Waals surface area contributed by atoms with Gasteiger partial charge in [-0.1, -0.05) is 29.8 Å². The zero-order valence-corrected chi connectivity index (χ0v) is 15.0. The van der Waals surface area contributed by atoms with Gasteiger partial charge in [0.05, 0.1) is 12.1 Å². The van der Waals surface area contributed by atoms with Gasteiger partial charge in [0, 0.05) is 24.3 Å². The molecule has 2 aromatic carbocycles. The van der Waals surface area contributed by atoms with E-state index in [1.54, 1.807) is 13.2 Å². The van der Waals surface area contributed by atoms with Gasteiger partial charge in [-0.15, -0.1) is 0 Å². The first-order valence-electron chi connectivity index (χ1n) is 8.20. The van der Waals surface area contributed by atoms with Crippen molar-refractivity contribution in [2.24, 2.45) is 0 Å². The number of halogens is 2. The van der Waals surface area contributed by atoms with Crippen molar-refractivity contribution in [2.45, 2.75) is 26.0 Å². The van der Waals surface area contributed by atoms with Gasteiger partial charge >= 0.3 is 0 Å². The predicted molar refractivity (Wildman–Crippen MR) is 96.8 cm³/mol. The molecule has 0 radical (unpaired) electrons. The van der Waals surface area contributed by atoms with E-state index in [2.05, 4.69) is 5.32 Å². The summed E-state index contributed by atoms with van der Waals surface area (Å²) in [5, 5.41) is 12.5. The summed E-state index contributed by atoms with van der Waals surface area (Å²) in [6.45, 7) is 1.85. The summed E-state index contributed by atoms with van der Waals surface area (Å²) in [7, 11) is 1.59. The number of benzene rings is 2. The summed E-state index contributed by atoms with van der Waals surface area (Å²) >= 11 is 6.06. The summed E-state index contributed by atoms with van der Waals surface area (Å²) in [4.78, 5) is 0. The second kappa shape index (κ2) is 10.2. The maximum atomic E-state index is 13.2. The topological polar surface area (TPSA) is 50.7 Å². The number of hydrogen-bond acceptors (Lipinski definition) is 4. The summed E-state index contributed by atoms with van der Waals surface area (Å²) < 4.78 is 24.5. The van der Waals surface area contributed by atoms with Gasteiger partial charge in [0.25, 0.3) is 0 Å². The fourth-order valence-corrected chi connectivity index (χ4v) is 2.62. The van der Waals surface area contributed by atoms with Gasteiger partial charge in [0.2, 0.25) is 0 Å². The van der Waals surface area contributed by atoms with Crippen molar-refractivity contribution in [1.82, 2.24) is 5.32 Å². The number of methoxy groups -OCH3 is 1. The van der Waals surface area contributed by atoms with Crippen molar-refractivity contribution in [3.8, 4) is 11.5 Å². The number of ether oxygens (including phenoxy) is 2. The molecular formula is C19H23ClFNO3. The Morgan fingerprint density at radius 1 is 1.16 bits per heavy atom. The Morgan fingerprint density at radius 3 is 2.72 bits per heavy atom. The van der Waals surface area contributed by atoms with Gasteiger partial charge in [-0.2, -0.15) is 0 Å². The summed E-state index contributed by atoms with van der Waals surface area (Å²) in [6.07, 6.45) is 1.68. The molecule has 4 nitrogen and oxygen atoms in total. The second-order valence-corrected chi connectivity index (χ2v) is 5.99. The average molecular weight is 368 g/mol. The lowest BCUT2D eigenvalue weighted by atomic mass is 10.1. The maximum absolute atomic E-state index is 13.2. The molecule has 136 valence electrons. The molecule has 2 aromatic rings. The molecule has 0 spiro atoms.